The Balaban J connectivity index is 2.11. The minimum absolute atomic E-state index is 0.0863. The molecule has 0 bridgehead atoms. The SMILES string of the molecule is COc1ccc(OC)c(NC(=O)CN(C)S(=O)(=O)c2cnc[nH]2)c1. The zero-order chi connectivity index (χ0) is 17.7. The Bertz CT molecular complexity index is 805. The number of rotatable bonds is 7. The average Bonchev–Trinajstić information content (AvgIpc) is 3.09. The molecule has 130 valence electrons. The highest BCUT2D eigenvalue weighted by molar-refractivity contribution is 7.89. The maximum Gasteiger partial charge on any atom is 0.260 e. The van der Waals surface area contributed by atoms with Crippen LogP contribution in [-0.4, -0.2) is 56.4 Å². The van der Waals surface area contributed by atoms with E-state index in [1.54, 1.807) is 18.2 Å². The van der Waals surface area contributed by atoms with Gasteiger partial charge in [-0.15, -0.1) is 0 Å². The number of carbonyl (C=O) groups is 1. The summed E-state index contributed by atoms with van der Waals surface area (Å²) >= 11 is 0. The van der Waals surface area contributed by atoms with Crippen molar-refractivity contribution >= 4 is 21.6 Å². The molecule has 1 aromatic carbocycles. The molecule has 0 saturated carbocycles. The number of carbonyl (C=O) groups excluding carboxylic acids is 1. The number of hydrogen-bond acceptors (Lipinski definition) is 6. The number of aromatic nitrogens is 2. The Kier molecular flexibility index (Phi) is 5.42. The fourth-order valence-electron chi connectivity index (χ4n) is 1.94. The summed E-state index contributed by atoms with van der Waals surface area (Å²) in [6.07, 6.45) is 2.43. The lowest BCUT2D eigenvalue weighted by atomic mass is 10.2. The highest BCUT2D eigenvalue weighted by Gasteiger charge is 2.24. The zero-order valence-corrected chi connectivity index (χ0v) is 14.3. The smallest absolute Gasteiger partial charge is 0.260 e. The second kappa shape index (κ2) is 7.32. The standard InChI is InChI=1S/C14H18N4O5S/c1-18(24(20,21)14-7-15-9-16-14)8-13(19)17-11-6-10(22-2)4-5-12(11)23-3/h4-7,9H,8H2,1-3H3,(H,15,16)(H,17,19). The van der Waals surface area contributed by atoms with Crippen LogP contribution in [0.4, 0.5) is 5.69 Å². The van der Waals surface area contributed by atoms with Crippen molar-refractivity contribution in [3.05, 3.63) is 30.7 Å². The Hall–Kier alpha value is -2.59. The molecule has 2 aromatic rings. The van der Waals surface area contributed by atoms with Crippen LogP contribution in [0, 0.1) is 0 Å². The molecule has 0 saturated heterocycles. The third kappa shape index (κ3) is 3.84. The third-order valence-electron chi connectivity index (χ3n) is 3.21. The van der Waals surface area contributed by atoms with Gasteiger partial charge in [0.2, 0.25) is 5.91 Å². The number of aromatic amines is 1. The van der Waals surface area contributed by atoms with Gasteiger partial charge in [-0.05, 0) is 12.1 Å². The van der Waals surface area contributed by atoms with Gasteiger partial charge in [-0.1, -0.05) is 0 Å². The first-order chi connectivity index (χ1) is 11.4. The number of amides is 1. The van der Waals surface area contributed by atoms with Crippen LogP contribution in [-0.2, 0) is 14.8 Å². The van der Waals surface area contributed by atoms with Crippen LogP contribution in [0.1, 0.15) is 0 Å². The van der Waals surface area contributed by atoms with E-state index in [0.717, 1.165) is 4.31 Å². The van der Waals surface area contributed by atoms with Gasteiger partial charge in [0.25, 0.3) is 10.0 Å². The fraction of sp³-hybridized carbons (Fsp3) is 0.286. The number of nitrogens with zero attached hydrogens (tertiary/aromatic N) is 2. The van der Waals surface area contributed by atoms with E-state index >= 15 is 0 Å². The molecule has 24 heavy (non-hydrogen) atoms. The summed E-state index contributed by atoms with van der Waals surface area (Å²) in [5.74, 6) is 0.444. The average molecular weight is 354 g/mol. The molecule has 1 heterocycles. The Labute approximate surface area is 139 Å². The van der Waals surface area contributed by atoms with Crippen LogP contribution in [0.5, 0.6) is 11.5 Å². The molecule has 1 aromatic heterocycles. The van der Waals surface area contributed by atoms with Gasteiger partial charge in [-0.25, -0.2) is 13.4 Å². The Morgan fingerprint density at radius 3 is 2.67 bits per heavy atom. The molecular formula is C14H18N4O5S. The number of H-pyrrole nitrogens is 1. The quantitative estimate of drug-likeness (QED) is 0.756. The van der Waals surface area contributed by atoms with E-state index in [2.05, 4.69) is 15.3 Å². The number of hydrogen-bond donors (Lipinski definition) is 2. The summed E-state index contributed by atoms with van der Waals surface area (Å²) in [5.41, 5.74) is 0.384. The molecule has 0 radical (unpaired) electrons. The number of anilines is 1. The molecule has 10 heteroatoms. The second-order valence-corrected chi connectivity index (χ2v) is 6.80. The van der Waals surface area contributed by atoms with E-state index in [-0.39, 0.29) is 11.6 Å². The van der Waals surface area contributed by atoms with E-state index < -0.39 is 15.9 Å². The van der Waals surface area contributed by atoms with E-state index in [9.17, 15) is 13.2 Å². The van der Waals surface area contributed by atoms with Crippen molar-refractivity contribution in [1.29, 1.82) is 0 Å². The molecule has 0 fully saturated rings. The molecule has 0 atom stereocenters. The predicted octanol–water partition coefficient (Wildman–Crippen LogP) is 0.686. The number of methoxy groups -OCH3 is 2. The molecule has 2 rings (SSSR count). The first-order valence-electron chi connectivity index (χ1n) is 6.85. The summed E-state index contributed by atoms with van der Waals surface area (Å²) in [5, 5.41) is 2.52. The van der Waals surface area contributed by atoms with Gasteiger partial charge in [0, 0.05) is 13.1 Å². The molecule has 0 aliphatic rings. The van der Waals surface area contributed by atoms with Gasteiger partial charge in [-0.3, -0.25) is 4.79 Å². The number of ether oxygens (including phenoxy) is 2. The van der Waals surface area contributed by atoms with Gasteiger partial charge in [-0.2, -0.15) is 4.31 Å². The molecule has 0 aliphatic heterocycles. The lowest BCUT2D eigenvalue weighted by molar-refractivity contribution is -0.116. The molecule has 9 nitrogen and oxygen atoms in total. The van der Waals surface area contributed by atoms with Gasteiger partial charge < -0.3 is 19.8 Å². The highest BCUT2D eigenvalue weighted by atomic mass is 32.2. The molecule has 2 N–H and O–H groups in total. The monoisotopic (exact) mass is 354 g/mol. The van der Waals surface area contributed by atoms with Gasteiger partial charge >= 0.3 is 0 Å². The third-order valence-corrected chi connectivity index (χ3v) is 4.94. The number of benzene rings is 1. The summed E-state index contributed by atoms with van der Waals surface area (Å²) in [7, 11) is 0.454. The summed E-state index contributed by atoms with van der Waals surface area (Å²) in [6.45, 7) is -0.373. The van der Waals surface area contributed by atoms with Crippen LogP contribution < -0.4 is 14.8 Å². The minimum Gasteiger partial charge on any atom is -0.497 e. The molecule has 0 spiro atoms. The predicted molar refractivity (Wildman–Crippen MR) is 86.6 cm³/mol. The van der Waals surface area contributed by atoms with Crippen LogP contribution in [0.3, 0.4) is 0 Å². The van der Waals surface area contributed by atoms with Crippen molar-refractivity contribution in [2.24, 2.45) is 0 Å². The first kappa shape index (κ1) is 17.8. The van der Waals surface area contributed by atoms with Crippen molar-refractivity contribution < 1.29 is 22.7 Å². The van der Waals surface area contributed by atoms with E-state index in [4.69, 9.17) is 9.47 Å². The molecule has 1 amide bonds. The van der Waals surface area contributed by atoms with Crippen molar-refractivity contribution in [1.82, 2.24) is 14.3 Å². The number of imidazole rings is 1. The van der Waals surface area contributed by atoms with Crippen molar-refractivity contribution in [3.8, 4) is 11.5 Å². The minimum atomic E-state index is -3.81. The van der Waals surface area contributed by atoms with Crippen molar-refractivity contribution in [2.75, 3.05) is 33.1 Å². The maximum atomic E-state index is 12.2. The van der Waals surface area contributed by atoms with Crippen LogP contribution in [0.25, 0.3) is 0 Å². The Morgan fingerprint density at radius 1 is 1.33 bits per heavy atom. The fourth-order valence-corrected chi connectivity index (χ4v) is 2.96. The van der Waals surface area contributed by atoms with Crippen LogP contribution in [0.2, 0.25) is 0 Å². The van der Waals surface area contributed by atoms with Crippen molar-refractivity contribution in [2.45, 2.75) is 5.03 Å². The topological polar surface area (TPSA) is 114 Å². The summed E-state index contributed by atoms with van der Waals surface area (Å²) in [6, 6.07) is 4.91. The van der Waals surface area contributed by atoms with Crippen molar-refractivity contribution in [3.63, 3.8) is 0 Å². The van der Waals surface area contributed by atoms with E-state index in [1.165, 1.54) is 33.8 Å². The maximum absolute atomic E-state index is 12.2. The molecule has 0 unspecified atom stereocenters. The molecule has 0 aliphatic carbocycles. The van der Waals surface area contributed by atoms with Gasteiger partial charge in [0.1, 0.15) is 11.5 Å². The largest absolute Gasteiger partial charge is 0.497 e. The first-order valence-corrected chi connectivity index (χ1v) is 8.29. The highest BCUT2D eigenvalue weighted by Crippen LogP contribution is 2.28. The Morgan fingerprint density at radius 2 is 2.08 bits per heavy atom. The lowest BCUT2D eigenvalue weighted by Crippen LogP contribution is -2.35. The summed E-state index contributed by atoms with van der Waals surface area (Å²) in [4.78, 5) is 18.3. The zero-order valence-electron chi connectivity index (χ0n) is 13.4. The second-order valence-electron chi connectivity index (χ2n) is 4.79. The van der Waals surface area contributed by atoms with Crippen LogP contribution >= 0.6 is 0 Å². The van der Waals surface area contributed by atoms with E-state index in [0.29, 0.717) is 17.2 Å². The van der Waals surface area contributed by atoms with Crippen LogP contribution in [0.15, 0.2) is 35.7 Å². The van der Waals surface area contributed by atoms with Gasteiger partial charge in [0.15, 0.2) is 5.03 Å². The van der Waals surface area contributed by atoms with Gasteiger partial charge in [0.05, 0.1) is 39.0 Å². The number of sulfonamides is 1. The normalized spacial score (nSPS) is 11.3. The summed E-state index contributed by atoms with van der Waals surface area (Å²) < 4.78 is 35.6. The number of likely N-dealkylation sites (N-methyl/N-ethyl adjacent to an activating group) is 1. The molecular weight excluding hydrogens is 336 g/mol. The number of nitrogens with one attached hydrogen (secondary N) is 2. The lowest BCUT2D eigenvalue weighted by Gasteiger charge is -2.16. The van der Waals surface area contributed by atoms with E-state index in [1.807, 2.05) is 0 Å².